The maximum atomic E-state index is 11.4. The number of ketones is 1. The zero-order chi connectivity index (χ0) is 25.6. The third-order valence-electron chi connectivity index (χ3n) is 5.65. The van der Waals surface area contributed by atoms with E-state index in [4.69, 9.17) is 32.7 Å². The van der Waals surface area contributed by atoms with Gasteiger partial charge in [0.1, 0.15) is 36.1 Å². The summed E-state index contributed by atoms with van der Waals surface area (Å²) in [6.07, 6.45) is 1.51. The molecule has 2 aromatic carbocycles. The van der Waals surface area contributed by atoms with E-state index in [1.165, 1.54) is 6.92 Å². The van der Waals surface area contributed by atoms with Gasteiger partial charge in [0.15, 0.2) is 5.75 Å². The molecule has 0 saturated heterocycles. The molecule has 0 fully saturated rings. The molecule has 3 aromatic rings. The first-order valence-corrected chi connectivity index (χ1v) is 12.1. The Bertz CT molecular complexity index is 1240. The van der Waals surface area contributed by atoms with E-state index >= 15 is 0 Å². The molecule has 1 aromatic heterocycles. The lowest BCUT2D eigenvalue weighted by molar-refractivity contribution is -0.116. The molecule has 182 valence electrons. The summed E-state index contributed by atoms with van der Waals surface area (Å²) in [5.74, 6) is 1.83. The van der Waals surface area contributed by atoms with Gasteiger partial charge in [-0.1, -0.05) is 37.6 Å². The average molecular weight is 512 g/mol. The molecule has 0 aliphatic rings. The number of Topliss-reactive ketones (excluding diaryl/α,β-unsaturated/α-hetero) is 1. The number of hydrogen-bond acceptors (Lipinski definition) is 6. The molecular formula is C27H27Cl2N3O3. The van der Waals surface area contributed by atoms with Crippen LogP contribution in [0.15, 0.2) is 48.7 Å². The van der Waals surface area contributed by atoms with Crippen LogP contribution in [-0.2, 0) is 16.6 Å². The molecule has 0 aliphatic carbocycles. The number of alkyl halides is 1. The van der Waals surface area contributed by atoms with Gasteiger partial charge >= 0.3 is 0 Å². The minimum atomic E-state index is -0.432. The van der Waals surface area contributed by atoms with Gasteiger partial charge in [-0.2, -0.15) is 5.26 Å². The minimum absolute atomic E-state index is 0.00882. The largest absolute Gasteiger partial charge is 0.489 e. The monoisotopic (exact) mass is 511 g/mol. The summed E-state index contributed by atoms with van der Waals surface area (Å²) in [5.41, 5.74) is 2.55. The highest BCUT2D eigenvalue weighted by Crippen LogP contribution is 2.38. The first kappa shape index (κ1) is 26.5. The Balaban J connectivity index is 1.80. The lowest BCUT2D eigenvalue weighted by Gasteiger charge is -2.27. The molecule has 6 nitrogen and oxygen atoms in total. The second-order valence-electron chi connectivity index (χ2n) is 8.67. The first-order valence-electron chi connectivity index (χ1n) is 11.2. The van der Waals surface area contributed by atoms with Crippen LogP contribution in [0.4, 0.5) is 0 Å². The molecule has 8 heteroatoms. The Morgan fingerprint density at radius 2 is 1.89 bits per heavy atom. The Morgan fingerprint density at radius 3 is 2.51 bits per heavy atom. The van der Waals surface area contributed by atoms with Crippen LogP contribution in [0.25, 0.3) is 0 Å². The van der Waals surface area contributed by atoms with Gasteiger partial charge in [0.25, 0.3) is 0 Å². The van der Waals surface area contributed by atoms with Gasteiger partial charge in [-0.25, -0.2) is 9.97 Å². The Morgan fingerprint density at radius 1 is 1.17 bits per heavy atom. The summed E-state index contributed by atoms with van der Waals surface area (Å²) in [4.78, 5) is 20.0. The van der Waals surface area contributed by atoms with Crippen molar-refractivity contribution in [3.05, 3.63) is 81.9 Å². The first-order chi connectivity index (χ1) is 16.6. The fourth-order valence-electron chi connectivity index (χ4n) is 3.66. The van der Waals surface area contributed by atoms with Crippen LogP contribution >= 0.6 is 23.2 Å². The van der Waals surface area contributed by atoms with Crippen LogP contribution in [0.3, 0.4) is 0 Å². The maximum Gasteiger partial charge on any atom is 0.155 e. The highest BCUT2D eigenvalue weighted by atomic mass is 35.5. The van der Waals surface area contributed by atoms with Gasteiger partial charge in [-0.05, 0) is 55.3 Å². The van der Waals surface area contributed by atoms with E-state index < -0.39 is 5.41 Å². The zero-order valence-corrected chi connectivity index (χ0v) is 21.7. The van der Waals surface area contributed by atoms with Crippen LogP contribution in [-0.4, -0.2) is 28.2 Å². The topological polar surface area (TPSA) is 85.1 Å². The summed E-state index contributed by atoms with van der Waals surface area (Å²) in [5, 5.41) is 9.99. The van der Waals surface area contributed by atoms with E-state index in [1.54, 1.807) is 18.3 Å². The van der Waals surface area contributed by atoms with Crippen molar-refractivity contribution in [2.75, 3.05) is 12.5 Å². The van der Waals surface area contributed by atoms with Crippen molar-refractivity contribution in [3.8, 4) is 17.6 Å². The van der Waals surface area contributed by atoms with E-state index in [1.807, 2.05) is 37.3 Å². The van der Waals surface area contributed by atoms with Crippen LogP contribution in [0.1, 0.15) is 62.0 Å². The molecule has 3 rings (SSSR count). The summed E-state index contributed by atoms with van der Waals surface area (Å²) in [6.45, 7) is 7.81. The minimum Gasteiger partial charge on any atom is -0.489 e. The van der Waals surface area contributed by atoms with Gasteiger partial charge in [0, 0.05) is 11.6 Å². The number of nitrogens with zero attached hydrogens (tertiary/aromatic N) is 3. The molecule has 35 heavy (non-hydrogen) atoms. The number of rotatable bonds is 10. The SMILES string of the molecule is CC(=O)Cc1nccc(C(C)Oc2ccc(C(C)(C)c3cc(Cl)c(OCCCl)c(C#N)c3)cc2)n1. The van der Waals surface area contributed by atoms with E-state index in [0.717, 1.165) is 11.1 Å². The van der Waals surface area contributed by atoms with Crippen LogP contribution < -0.4 is 9.47 Å². The maximum absolute atomic E-state index is 11.4. The van der Waals surface area contributed by atoms with E-state index in [-0.39, 0.29) is 24.9 Å². The summed E-state index contributed by atoms with van der Waals surface area (Å²) >= 11 is 12.2. The number of benzene rings is 2. The summed E-state index contributed by atoms with van der Waals surface area (Å²) in [7, 11) is 0. The Kier molecular flexibility index (Phi) is 8.71. The number of aromatic nitrogens is 2. The van der Waals surface area contributed by atoms with Crippen molar-refractivity contribution in [1.82, 2.24) is 9.97 Å². The molecule has 0 N–H and O–H groups in total. The molecule has 1 unspecified atom stereocenters. The molecule has 1 atom stereocenters. The number of carbonyl (C=O) groups excluding carboxylic acids is 1. The fourth-order valence-corrected chi connectivity index (χ4v) is 4.01. The molecule has 0 aliphatic heterocycles. The highest BCUT2D eigenvalue weighted by molar-refractivity contribution is 6.32. The van der Waals surface area contributed by atoms with Gasteiger partial charge in [0.2, 0.25) is 0 Å². The third kappa shape index (κ3) is 6.50. The van der Waals surface area contributed by atoms with Crippen molar-refractivity contribution in [2.45, 2.75) is 45.6 Å². The highest BCUT2D eigenvalue weighted by Gasteiger charge is 2.26. The van der Waals surface area contributed by atoms with Crippen molar-refractivity contribution in [3.63, 3.8) is 0 Å². The predicted molar refractivity (Wildman–Crippen MR) is 136 cm³/mol. The van der Waals surface area contributed by atoms with Gasteiger partial charge < -0.3 is 9.47 Å². The molecule has 0 amide bonds. The molecule has 0 radical (unpaired) electrons. The van der Waals surface area contributed by atoms with Crippen molar-refractivity contribution >= 4 is 29.0 Å². The van der Waals surface area contributed by atoms with E-state index in [9.17, 15) is 10.1 Å². The standard InChI is InChI=1S/C27H27Cl2N3O3/c1-17(33)13-25-31-11-9-24(32-25)18(2)35-22-7-5-20(6-8-22)27(3,4)21-14-19(16-30)26(23(29)15-21)34-12-10-28/h5-9,11,14-15,18H,10,12-13H2,1-4H3. The molecule has 0 bridgehead atoms. The molecule has 0 saturated carbocycles. The molecule has 0 spiro atoms. The Hall–Kier alpha value is -3.14. The predicted octanol–water partition coefficient (Wildman–Crippen LogP) is 6.22. The van der Waals surface area contributed by atoms with Crippen LogP contribution in [0.2, 0.25) is 5.02 Å². The second-order valence-corrected chi connectivity index (χ2v) is 9.46. The third-order valence-corrected chi connectivity index (χ3v) is 6.08. The van der Waals surface area contributed by atoms with Gasteiger partial charge in [-0.3, -0.25) is 4.79 Å². The second kappa shape index (κ2) is 11.5. The Labute approximate surface area is 215 Å². The normalized spacial score (nSPS) is 12.0. The number of nitriles is 1. The lowest BCUT2D eigenvalue weighted by Crippen LogP contribution is -2.19. The average Bonchev–Trinajstić information content (AvgIpc) is 2.83. The van der Waals surface area contributed by atoms with Crippen molar-refractivity contribution in [2.24, 2.45) is 0 Å². The smallest absolute Gasteiger partial charge is 0.155 e. The number of ether oxygens (including phenoxy) is 2. The van der Waals surface area contributed by atoms with E-state index in [2.05, 4.69) is 29.9 Å². The molecular weight excluding hydrogens is 485 g/mol. The van der Waals surface area contributed by atoms with Crippen molar-refractivity contribution < 1.29 is 14.3 Å². The number of halogens is 2. The lowest BCUT2D eigenvalue weighted by atomic mass is 9.77. The fraction of sp³-hybridized carbons (Fsp3) is 0.333. The van der Waals surface area contributed by atoms with Crippen LogP contribution in [0, 0.1) is 11.3 Å². The summed E-state index contributed by atoms with van der Waals surface area (Å²) < 4.78 is 11.6. The number of hydrogen-bond donors (Lipinski definition) is 0. The molecule has 1 heterocycles. The van der Waals surface area contributed by atoms with Gasteiger partial charge in [0.05, 0.1) is 28.6 Å². The van der Waals surface area contributed by atoms with E-state index in [0.29, 0.717) is 39.5 Å². The summed E-state index contributed by atoms with van der Waals surface area (Å²) in [6, 6.07) is 15.3. The number of carbonyl (C=O) groups is 1. The van der Waals surface area contributed by atoms with Crippen molar-refractivity contribution in [1.29, 1.82) is 5.26 Å². The quantitative estimate of drug-likeness (QED) is 0.300. The zero-order valence-electron chi connectivity index (χ0n) is 20.1. The van der Waals surface area contributed by atoms with Gasteiger partial charge in [-0.15, -0.1) is 11.6 Å². The van der Waals surface area contributed by atoms with Crippen LogP contribution in [0.5, 0.6) is 11.5 Å².